The van der Waals surface area contributed by atoms with Gasteiger partial charge in [0.2, 0.25) is 0 Å². The molecule has 1 aromatic rings. The molecule has 5 heteroatoms. The van der Waals surface area contributed by atoms with Crippen molar-refractivity contribution in [1.29, 1.82) is 0 Å². The van der Waals surface area contributed by atoms with Crippen LogP contribution >= 0.6 is 15.9 Å². The van der Waals surface area contributed by atoms with Crippen molar-refractivity contribution in [3.05, 3.63) is 22.6 Å². The van der Waals surface area contributed by atoms with Gasteiger partial charge in [-0.25, -0.2) is 0 Å². The maximum Gasteiger partial charge on any atom is 0.306 e. The zero-order valence-corrected chi connectivity index (χ0v) is 8.54. The Hall–Kier alpha value is -0.810. The summed E-state index contributed by atoms with van der Waals surface area (Å²) < 4.78 is 5.52. The van der Waals surface area contributed by atoms with E-state index >= 15 is 0 Å². The molecule has 2 N–H and O–H groups in total. The first-order valence-corrected chi connectivity index (χ1v) is 4.41. The lowest BCUT2D eigenvalue weighted by molar-refractivity contribution is -0.142. The number of halogens is 1. The summed E-state index contributed by atoms with van der Waals surface area (Å²) in [5.41, 5.74) is -1.46. The minimum absolute atomic E-state index is 0.238. The number of carbonyl (C=O) groups is 1. The number of aliphatic hydroxyl groups is 1. The second kappa shape index (κ2) is 3.51. The summed E-state index contributed by atoms with van der Waals surface area (Å²) in [5, 5.41) is 18.2. The summed E-state index contributed by atoms with van der Waals surface area (Å²) in [4.78, 5) is 10.4. The Balaban J connectivity index is 2.86. The van der Waals surface area contributed by atoms with E-state index in [9.17, 15) is 9.90 Å². The zero-order valence-electron chi connectivity index (χ0n) is 6.95. The van der Waals surface area contributed by atoms with Crippen LogP contribution in [0.15, 0.2) is 21.2 Å². The van der Waals surface area contributed by atoms with Crippen molar-refractivity contribution in [3.63, 3.8) is 0 Å². The molecule has 0 radical (unpaired) electrons. The minimum Gasteiger partial charge on any atom is -0.481 e. The molecule has 0 fully saturated rings. The Morgan fingerprint density at radius 1 is 1.69 bits per heavy atom. The second-order valence-corrected chi connectivity index (χ2v) is 3.73. The highest BCUT2D eigenvalue weighted by molar-refractivity contribution is 9.10. The van der Waals surface area contributed by atoms with Gasteiger partial charge in [-0.3, -0.25) is 4.79 Å². The SMILES string of the molecule is CC(O)(CC(=O)O)c1ccc(Br)o1. The smallest absolute Gasteiger partial charge is 0.306 e. The van der Waals surface area contributed by atoms with E-state index < -0.39 is 11.6 Å². The average Bonchev–Trinajstić information content (AvgIpc) is 2.32. The number of aliphatic carboxylic acids is 1. The Morgan fingerprint density at radius 2 is 2.31 bits per heavy atom. The topological polar surface area (TPSA) is 70.7 Å². The first-order valence-electron chi connectivity index (χ1n) is 3.62. The van der Waals surface area contributed by atoms with Gasteiger partial charge >= 0.3 is 5.97 Å². The predicted molar refractivity (Wildman–Crippen MR) is 48.2 cm³/mol. The van der Waals surface area contributed by atoms with Gasteiger partial charge < -0.3 is 14.6 Å². The highest BCUT2D eigenvalue weighted by Gasteiger charge is 2.29. The van der Waals surface area contributed by atoms with Crippen LogP contribution in [0.1, 0.15) is 19.1 Å². The molecule has 1 rings (SSSR count). The van der Waals surface area contributed by atoms with Crippen molar-refractivity contribution < 1.29 is 19.4 Å². The normalized spacial score (nSPS) is 15.3. The molecular formula is C8H9BrO4. The predicted octanol–water partition coefficient (Wildman–Crippen LogP) is 1.72. The number of furan rings is 1. The van der Waals surface area contributed by atoms with Crippen LogP contribution in [0.3, 0.4) is 0 Å². The zero-order chi connectivity index (χ0) is 10.1. The lowest BCUT2D eigenvalue weighted by atomic mass is 10.00. The number of hydrogen-bond acceptors (Lipinski definition) is 3. The average molecular weight is 249 g/mol. The van der Waals surface area contributed by atoms with Crippen molar-refractivity contribution in [3.8, 4) is 0 Å². The van der Waals surface area contributed by atoms with Crippen LogP contribution in [-0.2, 0) is 10.4 Å². The Morgan fingerprint density at radius 3 is 2.69 bits per heavy atom. The van der Waals surface area contributed by atoms with Crippen LogP contribution in [0.25, 0.3) is 0 Å². The van der Waals surface area contributed by atoms with Crippen LogP contribution in [0.2, 0.25) is 0 Å². The molecule has 0 aromatic carbocycles. The van der Waals surface area contributed by atoms with Gasteiger partial charge in [0.05, 0.1) is 6.42 Å². The molecule has 13 heavy (non-hydrogen) atoms. The Labute approximate surface area is 83.3 Å². The van der Waals surface area contributed by atoms with Crippen LogP contribution in [0, 0.1) is 0 Å². The fourth-order valence-electron chi connectivity index (χ4n) is 0.985. The molecule has 1 unspecified atom stereocenters. The van der Waals surface area contributed by atoms with Gasteiger partial charge in [-0.15, -0.1) is 0 Å². The molecule has 0 aliphatic heterocycles. The van der Waals surface area contributed by atoms with E-state index in [1.807, 2.05) is 0 Å². The number of rotatable bonds is 3. The van der Waals surface area contributed by atoms with E-state index in [4.69, 9.17) is 9.52 Å². The molecular weight excluding hydrogens is 240 g/mol. The Kier molecular flexibility index (Phi) is 2.77. The van der Waals surface area contributed by atoms with E-state index in [0.717, 1.165) is 0 Å². The lowest BCUT2D eigenvalue weighted by Gasteiger charge is -2.17. The number of carboxylic acid groups (broad SMARTS) is 1. The van der Waals surface area contributed by atoms with E-state index in [2.05, 4.69) is 15.9 Å². The van der Waals surface area contributed by atoms with Crippen LogP contribution in [0.4, 0.5) is 0 Å². The van der Waals surface area contributed by atoms with Gasteiger partial charge in [-0.2, -0.15) is 0 Å². The third-order valence-corrected chi connectivity index (χ3v) is 2.03. The molecule has 72 valence electrons. The molecule has 1 atom stereocenters. The van der Waals surface area contributed by atoms with Crippen LogP contribution < -0.4 is 0 Å². The fraction of sp³-hybridized carbons (Fsp3) is 0.375. The van der Waals surface area contributed by atoms with E-state index in [-0.39, 0.29) is 12.2 Å². The molecule has 0 saturated heterocycles. The van der Waals surface area contributed by atoms with Crippen LogP contribution in [-0.4, -0.2) is 16.2 Å². The molecule has 1 heterocycles. The lowest BCUT2D eigenvalue weighted by Crippen LogP contribution is -2.24. The molecule has 0 aliphatic rings. The maximum atomic E-state index is 10.4. The first-order chi connectivity index (χ1) is 5.92. The highest BCUT2D eigenvalue weighted by atomic mass is 79.9. The highest BCUT2D eigenvalue weighted by Crippen LogP contribution is 2.27. The van der Waals surface area contributed by atoms with Crippen molar-refractivity contribution in [2.45, 2.75) is 18.9 Å². The van der Waals surface area contributed by atoms with E-state index in [1.165, 1.54) is 13.0 Å². The van der Waals surface area contributed by atoms with Gasteiger partial charge in [0.25, 0.3) is 0 Å². The number of hydrogen-bond donors (Lipinski definition) is 2. The maximum absolute atomic E-state index is 10.4. The van der Waals surface area contributed by atoms with Gasteiger partial charge in [-0.1, -0.05) is 0 Å². The molecule has 0 bridgehead atoms. The molecule has 0 spiro atoms. The van der Waals surface area contributed by atoms with Gasteiger partial charge in [-0.05, 0) is 35.0 Å². The molecule has 0 saturated carbocycles. The number of carboxylic acids is 1. The monoisotopic (exact) mass is 248 g/mol. The molecule has 1 aromatic heterocycles. The standard InChI is InChI=1S/C8H9BrO4/c1-8(12,4-7(10)11)5-2-3-6(9)13-5/h2-3,12H,4H2,1H3,(H,10,11). The van der Waals surface area contributed by atoms with Gasteiger partial charge in [0, 0.05) is 0 Å². The van der Waals surface area contributed by atoms with Gasteiger partial charge in [0.15, 0.2) is 4.67 Å². The molecule has 0 amide bonds. The second-order valence-electron chi connectivity index (χ2n) is 2.95. The van der Waals surface area contributed by atoms with Crippen molar-refractivity contribution in [1.82, 2.24) is 0 Å². The summed E-state index contributed by atoms with van der Waals surface area (Å²) in [5.74, 6) is -0.834. The van der Waals surface area contributed by atoms with Crippen molar-refractivity contribution >= 4 is 21.9 Å². The Bertz CT molecular complexity index is 316. The first kappa shape index (κ1) is 10.3. The summed E-state index contributed by atoms with van der Waals surface area (Å²) in [7, 11) is 0. The summed E-state index contributed by atoms with van der Waals surface area (Å²) >= 11 is 3.07. The van der Waals surface area contributed by atoms with Crippen molar-refractivity contribution in [2.75, 3.05) is 0 Å². The summed E-state index contributed by atoms with van der Waals surface area (Å²) in [6.45, 7) is 1.40. The van der Waals surface area contributed by atoms with Crippen LogP contribution in [0.5, 0.6) is 0 Å². The third kappa shape index (κ3) is 2.57. The largest absolute Gasteiger partial charge is 0.481 e. The van der Waals surface area contributed by atoms with E-state index in [1.54, 1.807) is 6.07 Å². The van der Waals surface area contributed by atoms with E-state index in [0.29, 0.717) is 4.67 Å². The van der Waals surface area contributed by atoms with Crippen molar-refractivity contribution in [2.24, 2.45) is 0 Å². The van der Waals surface area contributed by atoms with Gasteiger partial charge in [0.1, 0.15) is 11.4 Å². The minimum atomic E-state index is -1.46. The molecule has 4 nitrogen and oxygen atoms in total. The third-order valence-electron chi connectivity index (χ3n) is 1.60. The quantitative estimate of drug-likeness (QED) is 0.855. The summed E-state index contributed by atoms with van der Waals surface area (Å²) in [6.07, 6.45) is -0.382. The molecule has 0 aliphatic carbocycles. The fourth-order valence-corrected chi connectivity index (χ4v) is 1.29. The summed E-state index contributed by atoms with van der Waals surface area (Å²) in [6, 6.07) is 3.14.